The smallest absolute Gasteiger partial charge is 0.231 e. The van der Waals surface area contributed by atoms with Crippen molar-refractivity contribution in [3.63, 3.8) is 0 Å². The van der Waals surface area contributed by atoms with E-state index in [2.05, 4.69) is 10.4 Å². The number of fused-ring (bicyclic) bond motifs is 2. The van der Waals surface area contributed by atoms with Crippen LogP contribution in [0.3, 0.4) is 0 Å². The monoisotopic (exact) mass is 423 g/mol. The Labute approximate surface area is 177 Å². The second kappa shape index (κ2) is 6.88. The average Bonchev–Trinajstić information content (AvgIpc) is 3.33. The Balaban J connectivity index is 1.61. The van der Waals surface area contributed by atoms with Gasteiger partial charge in [-0.15, -0.1) is 0 Å². The van der Waals surface area contributed by atoms with Crippen molar-refractivity contribution < 1.29 is 19.1 Å². The molecule has 1 atom stereocenters. The van der Waals surface area contributed by atoms with Crippen LogP contribution in [-0.4, -0.2) is 28.3 Å². The number of halogens is 1. The Bertz CT molecular complexity index is 1220. The molecule has 0 bridgehead atoms. The van der Waals surface area contributed by atoms with Gasteiger partial charge in [0, 0.05) is 22.6 Å². The van der Waals surface area contributed by atoms with E-state index in [1.165, 1.54) is 0 Å². The van der Waals surface area contributed by atoms with Gasteiger partial charge in [0.25, 0.3) is 0 Å². The van der Waals surface area contributed by atoms with Gasteiger partial charge in [0.15, 0.2) is 17.3 Å². The molecule has 30 heavy (non-hydrogen) atoms. The molecule has 0 spiro atoms. The van der Waals surface area contributed by atoms with Gasteiger partial charge < -0.3 is 14.8 Å². The highest BCUT2D eigenvalue weighted by atomic mass is 35.5. The normalized spacial score (nSPS) is 16.9. The van der Waals surface area contributed by atoms with Crippen LogP contribution in [0.5, 0.6) is 11.5 Å². The van der Waals surface area contributed by atoms with Crippen molar-refractivity contribution >= 4 is 29.1 Å². The van der Waals surface area contributed by atoms with Crippen LogP contribution in [0, 0.1) is 13.8 Å². The second-order valence-electron chi connectivity index (χ2n) is 7.38. The Morgan fingerprint density at radius 3 is 2.83 bits per heavy atom. The van der Waals surface area contributed by atoms with E-state index in [1.807, 2.05) is 26.0 Å². The lowest BCUT2D eigenvalue weighted by molar-refractivity contribution is -0.116. The fourth-order valence-electron chi connectivity index (χ4n) is 4.02. The summed E-state index contributed by atoms with van der Waals surface area (Å²) in [7, 11) is 0. The third-order valence-electron chi connectivity index (χ3n) is 5.54. The van der Waals surface area contributed by atoms with Crippen molar-refractivity contribution in [2.45, 2.75) is 26.2 Å². The highest BCUT2D eigenvalue weighted by Gasteiger charge is 2.37. The molecule has 3 heterocycles. The Kier molecular flexibility index (Phi) is 4.29. The molecule has 0 fully saturated rings. The molecule has 152 valence electrons. The zero-order chi connectivity index (χ0) is 21.0. The number of rotatable bonds is 3. The van der Waals surface area contributed by atoms with E-state index < -0.39 is 5.92 Å². The molecule has 0 aliphatic carbocycles. The van der Waals surface area contributed by atoms with Crippen LogP contribution in [0.2, 0.25) is 5.02 Å². The number of nitrogens with zero attached hydrogens (tertiary/aromatic N) is 2. The Hall–Kier alpha value is -3.32. The predicted molar refractivity (Wildman–Crippen MR) is 111 cm³/mol. The van der Waals surface area contributed by atoms with Crippen LogP contribution in [0.15, 0.2) is 36.4 Å². The maximum atomic E-state index is 13.4. The molecule has 1 unspecified atom stereocenters. The number of amides is 1. The number of carbonyl (C=O) groups is 2. The fourth-order valence-corrected chi connectivity index (χ4v) is 4.19. The molecule has 1 N–H and O–H groups in total. The van der Waals surface area contributed by atoms with Gasteiger partial charge in [-0.25, -0.2) is 4.68 Å². The summed E-state index contributed by atoms with van der Waals surface area (Å²) in [5.74, 6) is 0.616. The van der Waals surface area contributed by atoms with E-state index in [9.17, 15) is 9.59 Å². The van der Waals surface area contributed by atoms with E-state index in [-0.39, 0.29) is 24.9 Å². The summed E-state index contributed by atoms with van der Waals surface area (Å²) in [5, 5.41) is 8.12. The number of hydrogen-bond acceptors (Lipinski definition) is 5. The van der Waals surface area contributed by atoms with Gasteiger partial charge in [0.2, 0.25) is 12.7 Å². The fraction of sp³-hybridized carbons (Fsp3) is 0.227. The molecule has 2 aliphatic heterocycles. The number of nitrogens with one attached hydrogen (secondary N) is 1. The summed E-state index contributed by atoms with van der Waals surface area (Å²) in [5.41, 5.74) is 3.46. The molecule has 5 rings (SSSR count). The molecule has 3 aromatic rings. The summed E-state index contributed by atoms with van der Waals surface area (Å²) in [6.45, 7) is 3.86. The zero-order valence-electron chi connectivity index (χ0n) is 16.4. The number of aryl methyl sites for hydroxylation is 1. The van der Waals surface area contributed by atoms with Gasteiger partial charge in [-0.05, 0) is 49.7 Å². The van der Waals surface area contributed by atoms with Gasteiger partial charge in [-0.2, -0.15) is 5.10 Å². The number of ketones is 1. The van der Waals surface area contributed by atoms with Gasteiger partial charge in [-0.3, -0.25) is 9.59 Å². The summed E-state index contributed by atoms with van der Waals surface area (Å²) >= 11 is 6.28. The SMILES string of the molecule is Cc1nn(-c2cccc(Cl)c2C)c2c1C(C(=O)c1ccc3c(c1)OCO3)CC(=O)N2. The van der Waals surface area contributed by atoms with E-state index >= 15 is 0 Å². The lowest BCUT2D eigenvalue weighted by Gasteiger charge is -2.23. The standard InChI is InChI=1S/C22H18ClN3O4/c1-11-15(23)4-3-5-16(11)26-22-20(12(2)25-26)14(9-19(27)24-22)21(28)13-6-7-17-18(8-13)30-10-29-17/h3-8,14H,9-10H2,1-2H3,(H,24,27). The first-order valence-electron chi connectivity index (χ1n) is 9.52. The summed E-state index contributed by atoms with van der Waals surface area (Å²) in [6.07, 6.45) is 0.0569. The summed E-state index contributed by atoms with van der Waals surface area (Å²) < 4.78 is 12.4. The number of carbonyl (C=O) groups excluding carboxylic acids is 2. The molecule has 2 aromatic carbocycles. The van der Waals surface area contributed by atoms with Crippen LogP contribution in [0.25, 0.3) is 5.69 Å². The molecule has 8 heteroatoms. The third kappa shape index (κ3) is 2.85. The quantitative estimate of drug-likeness (QED) is 0.639. The highest BCUT2D eigenvalue weighted by Crippen LogP contribution is 2.40. The van der Waals surface area contributed by atoms with E-state index in [1.54, 1.807) is 28.9 Å². The van der Waals surface area contributed by atoms with E-state index in [4.69, 9.17) is 21.1 Å². The average molecular weight is 424 g/mol. The first kappa shape index (κ1) is 18.7. The van der Waals surface area contributed by atoms with Crippen LogP contribution in [0.1, 0.15) is 39.5 Å². The molecule has 7 nitrogen and oxygen atoms in total. The molecule has 2 aliphatic rings. The number of hydrogen-bond donors (Lipinski definition) is 1. The largest absolute Gasteiger partial charge is 0.454 e. The second-order valence-corrected chi connectivity index (χ2v) is 7.79. The molecular weight excluding hydrogens is 406 g/mol. The van der Waals surface area contributed by atoms with Gasteiger partial charge in [0.05, 0.1) is 17.3 Å². The number of Topliss-reactive ketones (excluding diaryl/α,β-unsaturated/α-hetero) is 1. The zero-order valence-corrected chi connectivity index (χ0v) is 17.1. The highest BCUT2D eigenvalue weighted by molar-refractivity contribution is 6.31. The van der Waals surface area contributed by atoms with Crippen LogP contribution >= 0.6 is 11.6 Å². The maximum Gasteiger partial charge on any atom is 0.231 e. The minimum Gasteiger partial charge on any atom is -0.454 e. The van der Waals surface area contributed by atoms with Crippen molar-refractivity contribution in [2.24, 2.45) is 0 Å². The third-order valence-corrected chi connectivity index (χ3v) is 5.95. The number of ether oxygens (including phenoxy) is 2. The predicted octanol–water partition coefficient (Wildman–Crippen LogP) is 4.18. The molecule has 0 saturated carbocycles. The van der Waals surface area contributed by atoms with Crippen LogP contribution < -0.4 is 14.8 Å². The van der Waals surface area contributed by atoms with Crippen molar-refractivity contribution in [3.8, 4) is 17.2 Å². The van der Waals surface area contributed by atoms with Crippen LogP contribution in [-0.2, 0) is 4.79 Å². The maximum absolute atomic E-state index is 13.4. The van der Waals surface area contributed by atoms with Crippen molar-refractivity contribution in [1.82, 2.24) is 9.78 Å². The van der Waals surface area contributed by atoms with Crippen molar-refractivity contribution in [1.29, 1.82) is 0 Å². The molecule has 1 aromatic heterocycles. The van der Waals surface area contributed by atoms with Gasteiger partial charge in [-0.1, -0.05) is 17.7 Å². The molecule has 0 radical (unpaired) electrons. The van der Waals surface area contributed by atoms with Gasteiger partial charge >= 0.3 is 0 Å². The molecule has 1 amide bonds. The Morgan fingerprint density at radius 1 is 1.20 bits per heavy atom. The van der Waals surface area contributed by atoms with Crippen molar-refractivity contribution in [2.75, 3.05) is 12.1 Å². The molecule has 0 saturated heterocycles. The van der Waals surface area contributed by atoms with E-state index in [0.29, 0.717) is 33.6 Å². The van der Waals surface area contributed by atoms with Crippen LogP contribution in [0.4, 0.5) is 5.82 Å². The topological polar surface area (TPSA) is 82.5 Å². The Morgan fingerprint density at radius 2 is 2.00 bits per heavy atom. The minimum atomic E-state index is -0.637. The molecular formula is C22H18ClN3O4. The number of anilines is 1. The first-order valence-corrected chi connectivity index (χ1v) is 9.90. The van der Waals surface area contributed by atoms with E-state index in [0.717, 1.165) is 16.8 Å². The lowest BCUT2D eigenvalue weighted by Crippen LogP contribution is -2.28. The lowest BCUT2D eigenvalue weighted by atomic mass is 9.85. The van der Waals surface area contributed by atoms with Crippen molar-refractivity contribution in [3.05, 3.63) is 63.8 Å². The minimum absolute atomic E-state index is 0.0569. The summed E-state index contributed by atoms with van der Waals surface area (Å²) in [4.78, 5) is 25.9. The first-order chi connectivity index (χ1) is 14.4. The van der Waals surface area contributed by atoms with Gasteiger partial charge in [0.1, 0.15) is 5.82 Å². The number of aromatic nitrogens is 2. The number of benzene rings is 2. The summed E-state index contributed by atoms with van der Waals surface area (Å²) in [6, 6.07) is 10.6.